The van der Waals surface area contributed by atoms with E-state index in [1.165, 1.54) is 32.8 Å². The zero-order valence-electron chi connectivity index (χ0n) is 24.2. The van der Waals surface area contributed by atoms with Crippen LogP contribution in [0.2, 0.25) is 0 Å². The molecule has 0 bridgehead atoms. The Balaban J connectivity index is 1.45. The standard InChI is InChI=1S/C41H26BrN3/c42-32-22-24-34-36(26-32)38(28-15-7-2-8-16-28)33-23-21-31(25-35(33)37(34)27-13-5-1-6-14-27)41-44-39(29-17-9-3-10-18-29)43-40(45-41)30-19-11-4-12-20-30/h1-26H. The monoisotopic (exact) mass is 639 g/mol. The SMILES string of the molecule is Brc1ccc2c(-c3ccccc3)c3cc(-c4nc(-c5ccccc5)nc(-c5ccccc5)n4)ccc3c(-c3ccccc3)c2c1. The van der Waals surface area contributed by atoms with E-state index in [1.807, 2.05) is 60.7 Å². The summed E-state index contributed by atoms with van der Waals surface area (Å²) < 4.78 is 1.05. The molecule has 0 fully saturated rings. The van der Waals surface area contributed by atoms with Crippen molar-refractivity contribution in [2.24, 2.45) is 0 Å². The zero-order chi connectivity index (χ0) is 30.2. The molecule has 0 saturated heterocycles. The second kappa shape index (κ2) is 11.6. The highest BCUT2D eigenvalue weighted by atomic mass is 79.9. The lowest BCUT2D eigenvalue weighted by molar-refractivity contribution is 1.07. The highest BCUT2D eigenvalue weighted by Gasteiger charge is 2.19. The molecule has 0 aliphatic carbocycles. The molecule has 0 N–H and O–H groups in total. The zero-order valence-corrected chi connectivity index (χ0v) is 25.8. The molecule has 8 aromatic rings. The first kappa shape index (κ1) is 27.1. The smallest absolute Gasteiger partial charge is 0.164 e. The van der Waals surface area contributed by atoms with Crippen molar-refractivity contribution in [1.29, 1.82) is 0 Å². The average Bonchev–Trinajstić information content (AvgIpc) is 3.11. The summed E-state index contributed by atoms with van der Waals surface area (Å²) in [4.78, 5) is 15.0. The van der Waals surface area contributed by atoms with Crippen LogP contribution in [0.25, 0.3) is 78.0 Å². The Morgan fingerprint density at radius 2 is 0.689 bits per heavy atom. The molecule has 0 amide bonds. The topological polar surface area (TPSA) is 38.7 Å². The molecule has 1 heterocycles. The maximum atomic E-state index is 5.03. The molecule has 1 aromatic heterocycles. The van der Waals surface area contributed by atoms with Crippen molar-refractivity contribution >= 4 is 37.5 Å². The summed E-state index contributed by atoms with van der Waals surface area (Å²) >= 11 is 3.76. The fraction of sp³-hybridized carbons (Fsp3) is 0. The molecular formula is C41H26BrN3. The third-order valence-corrected chi connectivity index (χ3v) is 8.65. The number of rotatable bonds is 5. The van der Waals surface area contributed by atoms with Crippen LogP contribution < -0.4 is 0 Å². The second-order valence-corrected chi connectivity index (χ2v) is 11.9. The predicted molar refractivity (Wildman–Crippen MR) is 190 cm³/mol. The fourth-order valence-corrected chi connectivity index (χ4v) is 6.47. The Morgan fingerprint density at radius 3 is 1.16 bits per heavy atom. The van der Waals surface area contributed by atoms with Gasteiger partial charge in [0.1, 0.15) is 0 Å². The van der Waals surface area contributed by atoms with Gasteiger partial charge in [0.05, 0.1) is 0 Å². The van der Waals surface area contributed by atoms with Crippen LogP contribution in [0.1, 0.15) is 0 Å². The first-order valence-electron chi connectivity index (χ1n) is 14.9. The van der Waals surface area contributed by atoms with Gasteiger partial charge in [-0.1, -0.05) is 155 Å². The average molecular weight is 641 g/mol. The summed E-state index contributed by atoms with van der Waals surface area (Å²) in [6.07, 6.45) is 0. The van der Waals surface area contributed by atoms with Gasteiger partial charge in [0.15, 0.2) is 17.5 Å². The molecule has 0 unspecified atom stereocenters. The van der Waals surface area contributed by atoms with Gasteiger partial charge in [0.25, 0.3) is 0 Å². The van der Waals surface area contributed by atoms with E-state index in [2.05, 4.69) is 113 Å². The summed E-state index contributed by atoms with van der Waals surface area (Å²) in [7, 11) is 0. The number of fused-ring (bicyclic) bond motifs is 2. The van der Waals surface area contributed by atoms with Gasteiger partial charge in [0, 0.05) is 21.2 Å². The van der Waals surface area contributed by atoms with Crippen LogP contribution in [-0.4, -0.2) is 15.0 Å². The Bertz CT molecular complexity index is 2250. The Hall–Kier alpha value is -5.45. The minimum Gasteiger partial charge on any atom is -0.208 e. The largest absolute Gasteiger partial charge is 0.208 e. The number of nitrogens with zero attached hydrogens (tertiary/aromatic N) is 3. The quantitative estimate of drug-likeness (QED) is 0.176. The molecular weight excluding hydrogens is 614 g/mol. The van der Waals surface area contributed by atoms with Crippen molar-refractivity contribution in [2.75, 3.05) is 0 Å². The summed E-state index contributed by atoms with van der Waals surface area (Å²) in [5, 5.41) is 4.72. The van der Waals surface area contributed by atoms with E-state index in [1.54, 1.807) is 0 Å². The van der Waals surface area contributed by atoms with Crippen LogP contribution in [-0.2, 0) is 0 Å². The van der Waals surface area contributed by atoms with E-state index in [4.69, 9.17) is 15.0 Å². The van der Waals surface area contributed by atoms with E-state index >= 15 is 0 Å². The summed E-state index contributed by atoms with van der Waals surface area (Å²) in [6, 6.07) is 54.7. The summed E-state index contributed by atoms with van der Waals surface area (Å²) in [5.74, 6) is 1.94. The molecule has 0 radical (unpaired) electrons. The second-order valence-electron chi connectivity index (χ2n) is 11.0. The van der Waals surface area contributed by atoms with Gasteiger partial charge < -0.3 is 0 Å². The Morgan fingerprint density at radius 1 is 0.311 bits per heavy atom. The number of benzene rings is 7. The molecule has 0 spiro atoms. The number of hydrogen-bond donors (Lipinski definition) is 0. The molecule has 212 valence electrons. The van der Waals surface area contributed by atoms with Gasteiger partial charge in [-0.25, -0.2) is 15.0 Å². The van der Waals surface area contributed by atoms with Crippen LogP contribution in [0, 0.1) is 0 Å². The maximum Gasteiger partial charge on any atom is 0.164 e. The van der Waals surface area contributed by atoms with Crippen LogP contribution >= 0.6 is 15.9 Å². The molecule has 3 nitrogen and oxygen atoms in total. The van der Waals surface area contributed by atoms with Crippen molar-refractivity contribution in [1.82, 2.24) is 15.0 Å². The van der Waals surface area contributed by atoms with Crippen molar-refractivity contribution in [3.05, 3.63) is 162 Å². The van der Waals surface area contributed by atoms with Crippen molar-refractivity contribution in [3.8, 4) is 56.4 Å². The lowest BCUT2D eigenvalue weighted by Gasteiger charge is -2.19. The van der Waals surface area contributed by atoms with Gasteiger partial charge in [0.2, 0.25) is 0 Å². The van der Waals surface area contributed by atoms with Gasteiger partial charge in [-0.15, -0.1) is 0 Å². The van der Waals surface area contributed by atoms with Gasteiger partial charge in [-0.3, -0.25) is 0 Å². The van der Waals surface area contributed by atoms with Gasteiger partial charge in [-0.2, -0.15) is 0 Å². The Kier molecular flexibility index (Phi) is 6.97. The highest BCUT2D eigenvalue weighted by Crippen LogP contribution is 2.45. The minimum absolute atomic E-state index is 0.640. The first-order chi connectivity index (χ1) is 22.2. The maximum absolute atomic E-state index is 5.03. The van der Waals surface area contributed by atoms with E-state index in [9.17, 15) is 0 Å². The van der Waals surface area contributed by atoms with Crippen LogP contribution in [0.15, 0.2) is 162 Å². The fourth-order valence-electron chi connectivity index (χ4n) is 6.11. The highest BCUT2D eigenvalue weighted by molar-refractivity contribution is 9.10. The van der Waals surface area contributed by atoms with Crippen LogP contribution in [0.5, 0.6) is 0 Å². The molecule has 0 aliphatic heterocycles. The van der Waals surface area contributed by atoms with Crippen LogP contribution in [0.4, 0.5) is 0 Å². The number of aromatic nitrogens is 3. The van der Waals surface area contributed by atoms with Gasteiger partial charge in [-0.05, 0) is 62.0 Å². The molecule has 4 heteroatoms. The molecule has 0 atom stereocenters. The number of hydrogen-bond acceptors (Lipinski definition) is 3. The number of halogens is 1. The lowest BCUT2D eigenvalue weighted by atomic mass is 9.85. The molecule has 0 saturated carbocycles. The van der Waals surface area contributed by atoms with Crippen molar-refractivity contribution in [3.63, 3.8) is 0 Å². The molecule has 7 aromatic carbocycles. The molecule has 0 aliphatic rings. The normalized spacial score (nSPS) is 11.2. The first-order valence-corrected chi connectivity index (χ1v) is 15.7. The van der Waals surface area contributed by atoms with Crippen LogP contribution in [0.3, 0.4) is 0 Å². The van der Waals surface area contributed by atoms with E-state index < -0.39 is 0 Å². The third-order valence-electron chi connectivity index (χ3n) is 8.16. The van der Waals surface area contributed by atoms with E-state index in [0.717, 1.165) is 32.1 Å². The predicted octanol–water partition coefficient (Wildman–Crippen LogP) is 11.3. The molecule has 45 heavy (non-hydrogen) atoms. The molecule has 8 rings (SSSR count). The summed E-state index contributed by atoms with van der Waals surface area (Å²) in [5.41, 5.74) is 7.58. The van der Waals surface area contributed by atoms with E-state index in [0.29, 0.717) is 17.5 Å². The lowest BCUT2D eigenvalue weighted by Crippen LogP contribution is -2.00. The third kappa shape index (κ3) is 5.09. The van der Waals surface area contributed by atoms with Crippen molar-refractivity contribution < 1.29 is 0 Å². The van der Waals surface area contributed by atoms with Crippen molar-refractivity contribution in [2.45, 2.75) is 0 Å². The minimum atomic E-state index is 0.640. The summed E-state index contributed by atoms with van der Waals surface area (Å²) in [6.45, 7) is 0. The van der Waals surface area contributed by atoms with E-state index in [-0.39, 0.29) is 0 Å². The Labute approximate surface area is 270 Å². The van der Waals surface area contributed by atoms with Gasteiger partial charge >= 0.3 is 0 Å².